The average molecular weight is 585 g/mol. The van der Waals surface area contributed by atoms with E-state index < -0.39 is 34.2 Å². The Morgan fingerprint density at radius 3 is 1.98 bits per heavy atom. The maximum atomic E-state index is 14.2. The number of halogens is 1. The van der Waals surface area contributed by atoms with Gasteiger partial charge in [-0.3, -0.25) is 9.59 Å². The zero-order chi connectivity index (χ0) is 29.5. The lowest BCUT2D eigenvalue weighted by atomic mass is 10.0. The number of nitrogens with one attached hydrogen (secondary N) is 1. The highest BCUT2D eigenvalue weighted by Gasteiger charge is 2.35. The molecule has 40 heavy (non-hydrogen) atoms. The van der Waals surface area contributed by atoms with Crippen LogP contribution in [0.25, 0.3) is 0 Å². The van der Waals surface area contributed by atoms with Crippen LogP contribution in [-0.4, -0.2) is 61.7 Å². The van der Waals surface area contributed by atoms with Gasteiger partial charge in [0.25, 0.3) is 0 Å². The van der Waals surface area contributed by atoms with Crippen LogP contribution < -0.4 is 9.62 Å². The van der Waals surface area contributed by atoms with Gasteiger partial charge in [-0.1, -0.05) is 78.3 Å². The molecule has 1 N–H and O–H groups in total. The molecule has 3 aromatic rings. The highest BCUT2D eigenvalue weighted by atomic mass is 35.5. The Kier molecular flexibility index (Phi) is 10.4. The lowest BCUT2D eigenvalue weighted by Gasteiger charge is -2.36. The number of anilines is 1. The molecule has 0 heterocycles. The number of rotatable bonds is 11. The molecule has 0 saturated heterocycles. The normalized spacial score (nSPS) is 12.6. The van der Waals surface area contributed by atoms with Crippen molar-refractivity contribution in [1.82, 2.24) is 14.5 Å². The van der Waals surface area contributed by atoms with Gasteiger partial charge in [0.05, 0.1) is 5.69 Å². The first-order chi connectivity index (χ1) is 18.8. The highest BCUT2D eigenvalue weighted by molar-refractivity contribution is 7.90. The van der Waals surface area contributed by atoms with E-state index in [1.807, 2.05) is 51.1 Å². The van der Waals surface area contributed by atoms with Crippen LogP contribution in [0.1, 0.15) is 31.9 Å². The van der Waals surface area contributed by atoms with Crippen LogP contribution in [0.3, 0.4) is 0 Å². The smallest absolute Gasteiger partial charge is 0.304 e. The Morgan fingerprint density at radius 1 is 0.875 bits per heavy atom. The van der Waals surface area contributed by atoms with Crippen molar-refractivity contribution in [3.63, 3.8) is 0 Å². The van der Waals surface area contributed by atoms with Gasteiger partial charge in [0, 0.05) is 37.6 Å². The fraction of sp³-hybridized carbons (Fsp3) is 0.333. The summed E-state index contributed by atoms with van der Waals surface area (Å²) in [6.45, 7) is 5.10. The number of hydrogen-bond donors (Lipinski definition) is 1. The van der Waals surface area contributed by atoms with Gasteiger partial charge in [-0.25, -0.2) is 4.31 Å². The van der Waals surface area contributed by atoms with Crippen molar-refractivity contribution in [3.8, 4) is 0 Å². The lowest BCUT2D eigenvalue weighted by Crippen LogP contribution is -2.56. The first-order valence-corrected chi connectivity index (χ1v) is 14.7. The number of para-hydroxylation sites is 1. The van der Waals surface area contributed by atoms with E-state index in [1.54, 1.807) is 54.6 Å². The Hall–Kier alpha value is -3.40. The molecule has 214 valence electrons. The molecule has 0 fully saturated rings. The molecule has 0 saturated carbocycles. The van der Waals surface area contributed by atoms with Gasteiger partial charge >= 0.3 is 10.2 Å². The first kappa shape index (κ1) is 31.1. The average Bonchev–Trinajstić information content (AvgIpc) is 2.90. The quantitative estimate of drug-likeness (QED) is 0.359. The van der Waals surface area contributed by atoms with E-state index >= 15 is 0 Å². The molecule has 0 bridgehead atoms. The molecule has 0 radical (unpaired) electrons. The van der Waals surface area contributed by atoms with Crippen molar-refractivity contribution < 1.29 is 18.0 Å². The van der Waals surface area contributed by atoms with E-state index in [9.17, 15) is 18.0 Å². The molecule has 0 aromatic heterocycles. The topological polar surface area (TPSA) is 90.0 Å². The van der Waals surface area contributed by atoms with Crippen molar-refractivity contribution in [1.29, 1.82) is 0 Å². The SMILES string of the molecule is CN(C)S(=O)(=O)N(CC(=O)N(Cc1ccccc1Cl)[C@@H](Cc1ccccc1)C(=O)NC(C)(C)C)c1ccccc1. The molecule has 0 aliphatic rings. The Balaban J connectivity index is 2.11. The second-order valence-corrected chi connectivity index (χ2v) is 13.2. The Labute approximate surface area is 242 Å². The maximum Gasteiger partial charge on any atom is 0.304 e. The summed E-state index contributed by atoms with van der Waals surface area (Å²) in [4.78, 5) is 29.4. The van der Waals surface area contributed by atoms with Crippen LogP contribution in [0.5, 0.6) is 0 Å². The Morgan fingerprint density at radius 2 is 1.43 bits per heavy atom. The van der Waals surface area contributed by atoms with Crippen LogP contribution in [-0.2, 0) is 32.8 Å². The lowest BCUT2D eigenvalue weighted by molar-refractivity contribution is -0.140. The van der Waals surface area contributed by atoms with Crippen LogP contribution in [0.4, 0.5) is 5.69 Å². The second kappa shape index (κ2) is 13.3. The molecule has 10 heteroatoms. The second-order valence-electron chi connectivity index (χ2n) is 10.7. The molecule has 3 aromatic carbocycles. The van der Waals surface area contributed by atoms with Crippen LogP contribution >= 0.6 is 11.6 Å². The summed E-state index contributed by atoms with van der Waals surface area (Å²) in [6, 6.07) is 24.0. The number of benzene rings is 3. The minimum atomic E-state index is -4.04. The third kappa shape index (κ3) is 8.30. The van der Waals surface area contributed by atoms with Crippen molar-refractivity contribution in [2.24, 2.45) is 0 Å². The van der Waals surface area contributed by atoms with Crippen LogP contribution in [0, 0.1) is 0 Å². The summed E-state index contributed by atoms with van der Waals surface area (Å²) >= 11 is 6.49. The first-order valence-electron chi connectivity index (χ1n) is 12.9. The van der Waals surface area contributed by atoms with E-state index in [4.69, 9.17) is 11.6 Å². The van der Waals surface area contributed by atoms with E-state index in [0.717, 1.165) is 14.2 Å². The summed E-state index contributed by atoms with van der Waals surface area (Å²) in [5.74, 6) is -0.891. The van der Waals surface area contributed by atoms with Gasteiger partial charge in [-0.2, -0.15) is 12.7 Å². The zero-order valence-electron chi connectivity index (χ0n) is 23.5. The predicted molar refractivity (Wildman–Crippen MR) is 160 cm³/mol. The van der Waals surface area contributed by atoms with Crippen LogP contribution in [0.2, 0.25) is 5.02 Å². The van der Waals surface area contributed by atoms with Crippen molar-refractivity contribution in [2.75, 3.05) is 24.9 Å². The van der Waals surface area contributed by atoms with Gasteiger partial charge in [0.2, 0.25) is 11.8 Å². The fourth-order valence-corrected chi connectivity index (χ4v) is 5.38. The van der Waals surface area contributed by atoms with Gasteiger partial charge in [-0.15, -0.1) is 0 Å². The minimum absolute atomic E-state index is 0.0121. The molecule has 1 atom stereocenters. The van der Waals surface area contributed by atoms with E-state index in [-0.39, 0.29) is 18.9 Å². The summed E-state index contributed by atoms with van der Waals surface area (Å²) in [7, 11) is -1.22. The van der Waals surface area contributed by atoms with Gasteiger partial charge in [0.15, 0.2) is 0 Å². The summed E-state index contributed by atoms with van der Waals surface area (Å²) in [5, 5.41) is 3.44. The number of amides is 2. The number of hydrogen-bond acceptors (Lipinski definition) is 4. The van der Waals surface area contributed by atoms with E-state index in [2.05, 4.69) is 5.32 Å². The van der Waals surface area contributed by atoms with Gasteiger partial charge in [-0.05, 0) is 50.1 Å². The van der Waals surface area contributed by atoms with Crippen molar-refractivity contribution in [3.05, 3.63) is 101 Å². The maximum absolute atomic E-state index is 14.2. The van der Waals surface area contributed by atoms with E-state index in [1.165, 1.54) is 19.0 Å². The largest absolute Gasteiger partial charge is 0.350 e. The molecule has 3 rings (SSSR count). The van der Waals surface area contributed by atoms with Crippen LogP contribution in [0.15, 0.2) is 84.9 Å². The molecule has 0 spiro atoms. The molecular formula is C30H37ClN4O4S. The third-order valence-electron chi connectivity index (χ3n) is 6.13. The molecule has 8 nitrogen and oxygen atoms in total. The highest BCUT2D eigenvalue weighted by Crippen LogP contribution is 2.24. The number of nitrogens with zero attached hydrogens (tertiary/aromatic N) is 3. The van der Waals surface area contributed by atoms with E-state index in [0.29, 0.717) is 16.3 Å². The minimum Gasteiger partial charge on any atom is -0.350 e. The van der Waals surface area contributed by atoms with Crippen molar-refractivity contribution in [2.45, 2.75) is 45.3 Å². The standard InChI is InChI=1S/C30H37ClN4O4S/c1-30(2,3)32-29(37)27(20-23-14-8-6-9-15-23)34(21-24-16-12-13-19-26(24)31)28(36)22-35(40(38,39)33(4)5)25-17-10-7-11-18-25/h6-19,27H,20-22H2,1-5H3,(H,32,37)/t27-/m0/s1. The summed E-state index contributed by atoms with van der Waals surface area (Å²) in [5.41, 5.74) is 1.27. The molecular weight excluding hydrogens is 548 g/mol. The fourth-order valence-electron chi connectivity index (χ4n) is 4.13. The third-order valence-corrected chi connectivity index (χ3v) is 8.32. The molecule has 2 amide bonds. The number of carbonyl (C=O) groups is 2. The summed E-state index contributed by atoms with van der Waals surface area (Å²) < 4.78 is 28.8. The summed E-state index contributed by atoms with van der Waals surface area (Å²) in [6.07, 6.45) is 0.227. The van der Waals surface area contributed by atoms with Crippen molar-refractivity contribution >= 4 is 39.3 Å². The zero-order valence-corrected chi connectivity index (χ0v) is 25.1. The number of carbonyl (C=O) groups excluding carboxylic acids is 2. The molecule has 0 aliphatic heterocycles. The van der Waals surface area contributed by atoms with Gasteiger partial charge in [0.1, 0.15) is 12.6 Å². The molecule has 0 aliphatic carbocycles. The monoisotopic (exact) mass is 584 g/mol. The Bertz CT molecular complexity index is 1390. The molecule has 0 unspecified atom stereocenters. The predicted octanol–water partition coefficient (Wildman–Crippen LogP) is 4.51. The van der Waals surface area contributed by atoms with Gasteiger partial charge < -0.3 is 10.2 Å².